The molecule has 0 aliphatic carbocycles. The van der Waals surface area contributed by atoms with E-state index in [4.69, 9.17) is 0 Å². The molecule has 0 unspecified atom stereocenters. The SMILES string of the molecule is CN(C)CCNc1nc(-c2cccc(C(=O)N(C)C)c2)c2c(n1)N(c1c(F)cccc1F)C(=O)NC2. The minimum atomic E-state index is -0.904. The van der Waals surface area contributed by atoms with E-state index in [0.717, 1.165) is 17.0 Å². The van der Waals surface area contributed by atoms with Crippen LogP contribution in [0.4, 0.5) is 31.0 Å². The fraction of sp³-hybridized carbons (Fsp3) is 0.280. The predicted molar refractivity (Wildman–Crippen MR) is 133 cm³/mol. The molecule has 0 spiro atoms. The molecule has 2 heterocycles. The lowest BCUT2D eigenvalue weighted by Crippen LogP contribution is -2.43. The number of likely N-dealkylation sites (N-methyl/N-ethyl adjacent to an activating group) is 1. The third-order valence-electron chi connectivity index (χ3n) is 5.61. The van der Waals surface area contributed by atoms with Gasteiger partial charge in [0.25, 0.3) is 5.91 Å². The number of halogens is 2. The van der Waals surface area contributed by atoms with Crippen LogP contribution >= 0.6 is 0 Å². The zero-order valence-corrected chi connectivity index (χ0v) is 20.5. The van der Waals surface area contributed by atoms with Gasteiger partial charge in [0.15, 0.2) is 5.82 Å². The van der Waals surface area contributed by atoms with Crippen LogP contribution in [0, 0.1) is 11.6 Å². The van der Waals surface area contributed by atoms with Gasteiger partial charge in [0.1, 0.15) is 17.3 Å². The molecule has 0 radical (unpaired) electrons. The zero-order valence-electron chi connectivity index (χ0n) is 20.5. The number of carbonyl (C=O) groups excluding carboxylic acids is 2. The predicted octanol–water partition coefficient (Wildman–Crippen LogP) is 3.46. The van der Waals surface area contributed by atoms with Crippen molar-refractivity contribution in [3.63, 3.8) is 0 Å². The van der Waals surface area contributed by atoms with Crippen molar-refractivity contribution in [3.8, 4) is 11.3 Å². The third-order valence-corrected chi connectivity index (χ3v) is 5.61. The topological polar surface area (TPSA) is 93.7 Å². The van der Waals surface area contributed by atoms with Gasteiger partial charge in [-0.1, -0.05) is 18.2 Å². The zero-order chi connectivity index (χ0) is 26.0. The number of amides is 3. The Labute approximate surface area is 207 Å². The Kier molecular flexibility index (Phi) is 7.11. The fourth-order valence-electron chi connectivity index (χ4n) is 3.84. The van der Waals surface area contributed by atoms with Gasteiger partial charge in [-0.05, 0) is 38.4 Å². The van der Waals surface area contributed by atoms with E-state index in [9.17, 15) is 18.4 Å². The lowest BCUT2D eigenvalue weighted by Gasteiger charge is -2.30. The second kappa shape index (κ2) is 10.2. The first-order valence-electron chi connectivity index (χ1n) is 11.3. The molecule has 0 atom stereocenters. The number of benzene rings is 2. The molecule has 9 nitrogen and oxygen atoms in total. The standard InChI is InChI=1S/C25H27F2N7O2/c1-32(2)12-11-28-24-30-20(15-7-5-8-16(13-15)23(35)33(3)4)17-14-29-25(36)34(22(17)31-24)21-18(26)9-6-10-19(21)27/h5-10,13H,11-12,14H2,1-4H3,(H,29,36)(H,28,30,31). The van der Waals surface area contributed by atoms with Crippen molar-refractivity contribution in [1.29, 1.82) is 0 Å². The molecule has 1 aliphatic rings. The lowest BCUT2D eigenvalue weighted by molar-refractivity contribution is 0.0827. The molecule has 1 aliphatic heterocycles. The van der Waals surface area contributed by atoms with E-state index in [1.807, 2.05) is 19.0 Å². The summed E-state index contributed by atoms with van der Waals surface area (Å²) in [6.07, 6.45) is 0. The quantitative estimate of drug-likeness (QED) is 0.522. The maximum absolute atomic E-state index is 14.8. The van der Waals surface area contributed by atoms with E-state index in [0.29, 0.717) is 35.5 Å². The van der Waals surface area contributed by atoms with E-state index >= 15 is 0 Å². The summed E-state index contributed by atoms with van der Waals surface area (Å²) in [6.45, 7) is 1.21. The molecular formula is C25H27F2N7O2. The lowest BCUT2D eigenvalue weighted by atomic mass is 10.0. The summed E-state index contributed by atoms with van der Waals surface area (Å²) in [5.74, 6) is -1.75. The van der Waals surface area contributed by atoms with Crippen molar-refractivity contribution in [2.75, 3.05) is 51.5 Å². The van der Waals surface area contributed by atoms with E-state index < -0.39 is 23.4 Å². The first kappa shape index (κ1) is 25.0. The maximum Gasteiger partial charge on any atom is 0.328 e. The van der Waals surface area contributed by atoms with E-state index in [1.54, 1.807) is 38.4 Å². The Hall–Kier alpha value is -4.12. The number of nitrogens with zero attached hydrogens (tertiary/aromatic N) is 5. The smallest absolute Gasteiger partial charge is 0.328 e. The normalized spacial score (nSPS) is 12.9. The van der Waals surface area contributed by atoms with Crippen molar-refractivity contribution in [2.45, 2.75) is 6.54 Å². The second-order valence-corrected chi connectivity index (χ2v) is 8.77. The van der Waals surface area contributed by atoms with Crippen LogP contribution in [-0.4, -0.2) is 73.0 Å². The summed E-state index contributed by atoms with van der Waals surface area (Å²) < 4.78 is 29.5. The van der Waals surface area contributed by atoms with Gasteiger partial charge in [-0.2, -0.15) is 4.98 Å². The molecule has 2 N–H and O–H groups in total. The van der Waals surface area contributed by atoms with Crippen LogP contribution in [0.5, 0.6) is 0 Å². The summed E-state index contributed by atoms with van der Waals surface area (Å²) in [7, 11) is 7.15. The Bertz CT molecular complexity index is 1290. The molecule has 1 aromatic heterocycles. The number of rotatable bonds is 7. The number of urea groups is 1. The van der Waals surface area contributed by atoms with E-state index in [1.165, 1.54) is 11.0 Å². The molecule has 0 bridgehead atoms. The summed E-state index contributed by atoms with van der Waals surface area (Å²) >= 11 is 0. The van der Waals surface area contributed by atoms with Crippen molar-refractivity contribution in [3.05, 3.63) is 65.2 Å². The summed E-state index contributed by atoms with van der Waals surface area (Å²) in [6, 6.07) is 9.57. The minimum Gasteiger partial charge on any atom is -0.353 e. The molecule has 3 amide bonds. The van der Waals surface area contributed by atoms with Crippen LogP contribution in [0.3, 0.4) is 0 Å². The van der Waals surface area contributed by atoms with Crippen LogP contribution in [0.1, 0.15) is 15.9 Å². The molecule has 0 fully saturated rings. The molecule has 0 saturated carbocycles. The molecule has 0 saturated heterocycles. The van der Waals surface area contributed by atoms with Gasteiger partial charge >= 0.3 is 6.03 Å². The Balaban J connectivity index is 1.90. The van der Waals surface area contributed by atoms with Crippen molar-refractivity contribution in [1.82, 2.24) is 25.1 Å². The number of fused-ring (bicyclic) bond motifs is 1. The van der Waals surface area contributed by atoms with Crippen molar-refractivity contribution < 1.29 is 18.4 Å². The molecule has 3 aromatic rings. The van der Waals surface area contributed by atoms with E-state index in [2.05, 4.69) is 20.6 Å². The summed E-state index contributed by atoms with van der Waals surface area (Å²) in [4.78, 5) is 38.9. The average Bonchev–Trinajstić information content (AvgIpc) is 2.84. The highest BCUT2D eigenvalue weighted by Crippen LogP contribution is 2.38. The van der Waals surface area contributed by atoms with Gasteiger partial charge in [0.2, 0.25) is 5.95 Å². The number of nitrogens with one attached hydrogen (secondary N) is 2. The number of hydrogen-bond acceptors (Lipinski definition) is 6. The highest BCUT2D eigenvalue weighted by atomic mass is 19.1. The second-order valence-electron chi connectivity index (χ2n) is 8.77. The third kappa shape index (κ3) is 4.96. The molecule has 188 valence electrons. The van der Waals surface area contributed by atoms with Gasteiger partial charge in [0.05, 0.1) is 12.2 Å². The molecule has 11 heteroatoms. The first-order valence-corrected chi connectivity index (χ1v) is 11.3. The molecule has 4 rings (SSSR count). The number of para-hydroxylation sites is 1. The first-order chi connectivity index (χ1) is 17.2. The van der Waals surface area contributed by atoms with Crippen LogP contribution in [-0.2, 0) is 6.54 Å². The Morgan fingerprint density at radius 2 is 1.78 bits per heavy atom. The molecular weight excluding hydrogens is 468 g/mol. The molecule has 2 aromatic carbocycles. The maximum atomic E-state index is 14.8. The number of aromatic nitrogens is 2. The van der Waals surface area contributed by atoms with E-state index in [-0.39, 0.29) is 24.2 Å². The Morgan fingerprint density at radius 1 is 1.08 bits per heavy atom. The molecule has 36 heavy (non-hydrogen) atoms. The largest absolute Gasteiger partial charge is 0.353 e. The van der Waals surface area contributed by atoms with Gasteiger partial charge in [-0.15, -0.1) is 0 Å². The number of anilines is 3. The highest BCUT2D eigenvalue weighted by molar-refractivity contribution is 6.02. The summed E-state index contributed by atoms with van der Waals surface area (Å²) in [5.41, 5.74) is 1.41. The van der Waals surface area contributed by atoms with Crippen molar-refractivity contribution >= 4 is 29.4 Å². The highest BCUT2D eigenvalue weighted by Gasteiger charge is 2.34. The number of carbonyl (C=O) groups is 2. The van der Waals surface area contributed by atoms with Crippen molar-refractivity contribution in [2.24, 2.45) is 0 Å². The van der Waals surface area contributed by atoms with Crippen LogP contribution in [0.2, 0.25) is 0 Å². The monoisotopic (exact) mass is 495 g/mol. The Morgan fingerprint density at radius 3 is 2.44 bits per heavy atom. The van der Waals surface area contributed by atoms with Gasteiger partial charge in [-0.3, -0.25) is 4.79 Å². The van der Waals surface area contributed by atoms with Crippen LogP contribution in [0.15, 0.2) is 42.5 Å². The van der Waals surface area contributed by atoms with Crippen LogP contribution < -0.4 is 15.5 Å². The average molecular weight is 496 g/mol. The van der Waals surface area contributed by atoms with Gasteiger partial charge in [0, 0.05) is 43.9 Å². The van der Waals surface area contributed by atoms with Gasteiger partial charge < -0.3 is 20.4 Å². The minimum absolute atomic E-state index is 0.0416. The fourth-order valence-corrected chi connectivity index (χ4v) is 3.84. The van der Waals surface area contributed by atoms with Gasteiger partial charge in [-0.25, -0.2) is 23.5 Å². The summed E-state index contributed by atoms with van der Waals surface area (Å²) in [5, 5.41) is 5.78. The van der Waals surface area contributed by atoms with Crippen LogP contribution in [0.25, 0.3) is 11.3 Å². The number of hydrogen-bond donors (Lipinski definition) is 2.